The number of anilines is 2. The molecule has 0 saturated carbocycles. The van der Waals surface area contributed by atoms with Crippen LogP contribution < -0.4 is 20.1 Å². The summed E-state index contributed by atoms with van der Waals surface area (Å²) >= 11 is 0. The van der Waals surface area contributed by atoms with Gasteiger partial charge >= 0.3 is 0 Å². The minimum absolute atomic E-state index is 0.127. The van der Waals surface area contributed by atoms with Crippen LogP contribution in [-0.4, -0.2) is 35.8 Å². The number of amides is 2. The van der Waals surface area contributed by atoms with E-state index in [0.717, 1.165) is 11.1 Å². The summed E-state index contributed by atoms with van der Waals surface area (Å²) in [4.78, 5) is 25.3. The number of benzene rings is 3. The Labute approximate surface area is 203 Å². The molecule has 8 nitrogen and oxygen atoms in total. The van der Waals surface area contributed by atoms with Crippen LogP contribution in [0.5, 0.6) is 11.5 Å². The third kappa shape index (κ3) is 5.86. The second kappa shape index (κ2) is 10.6. The van der Waals surface area contributed by atoms with Crippen LogP contribution in [0.3, 0.4) is 0 Å². The standard InChI is InChI=1S/C27H26N4O4/c1-18-6-4-7-19(12-18)13-26(32)29-22-16-28-31(17-22)23-9-5-8-20(14-23)27(33)30-21-10-11-24(34-2)25(15-21)35-3/h4-12,14-17H,13H2,1-3H3,(H,29,32)(H,30,33). The number of carbonyl (C=O) groups is 2. The summed E-state index contributed by atoms with van der Waals surface area (Å²) in [5.41, 5.74) is 4.35. The fraction of sp³-hybridized carbons (Fsp3) is 0.148. The van der Waals surface area contributed by atoms with Crippen LogP contribution in [0.4, 0.5) is 11.4 Å². The Bertz CT molecular complexity index is 1360. The molecule has 0 aliphatic rings. The first-order valence-electron chi connectivity index (χ1n) is 11.0. The van der Waals surface area contributed by atoms with E-state index in [1.54, 1.807) is 60.6 Å². The number of nitrogens with one attached hydrogen (secondary N) is 2. The highest BCUT2D eigenvalue weighted by Gasteiger charge is 2.12. The Balaban J connectivity index is 1.43. The van der Waals surface area contributed by atoms with Crippen molar-refractivity contribution in [3.05, 3.63) is 95.8 Å². The minimum Gasteiger partial charge on any atom is -0.493 e. The molecular weight excluding hydrogens is 444 g/mol. The lowest BCUT2D eigenvalue weighted by atomic mass is 10.1. The van der Waals surface area contributed by atoms with Crippen molar-refractivity contribution in [2.24, 2.45) is 0 Å². The topological polar surface area (TPSA) is 94.5 Å². The Morgan fingerprint density at radius 1 is 0.886 bits per heavy atom. The number of methoxy groups -OCH3 is 2. The lowest BCUT2D eigenvalue weighted by molar-refractivity contribution is -0.115. The van der Waals surface area contributed by atoms with Crippen molar-refractivity contribution in [1.29, 1.82) is 0 Å². The molecule has 8 heteroatoms. The van der Waals surface area contributed by atoms with Crippen LogP contribution in [0.15, 0.2) is 79.1 Å². The molecule has 0 spiro atoms. The molecule has 1 heterocycles. The zero-order valence-electron chi connectivity index (χ0n) is 19.7. The summed E-state index contributed by atoms with van der Waals surface area (Å²) in [6.45, 7) is 1.99. The molecule has 0 fully saturated rings. The van der Waals surface area contributed by atoms with Gasteiger partial charge in [0.05, 0.1) is 44.4 Å². The van der Waals surface area contributed by atoms with Gasteiger partial charge in [-0.15, -0.1) is 0 Å². The molecule has 1 aromatic heterocycles. The number of carbonyl (C=O) groups excluding carboxylic acids is 2. The van der Waals surface area contributed by atoms with Gasteiger partial charge in [0.25, 0.3) is 5.91 Å². The summed E-state index contributed by atoms with van der Waals surface area (Å²) < 4.78 is 12.1. The van der Waals surface area contributed by atoms with E-state index in [1.807, 2.05) is 37.3 Å². The van der Waals surface area contributed by atoms with Gasteiger partial charge in [-0.25, -0.2) is 4.68 Å². The molecule has 0 atom stereocenters. The van der Waals surface area contributed by atoms with E-state index >= 15 is 0 Å². The normalized spacial score (nSPS) is 10.5. The lowest BCUT2D eigenvalue weighted by Crippen LogP contribution is -2.14. The average molecular weight is 471 g/mol. The molecule has 4 aromatic rings. The molecule has 0 unspecified atom stereocenters. The number of rotatable bonds is 8. The predicted molar refractivity (Wildman–Crippen MR) is 135 cm³/mol. The second-order valence-corrected chi connectivity index (χ2v) is 7.96. The van der Waals surface area contributed by atoms with E-state index in [9.17, 15) is 9.59 Å². The number of aromatic nitrogens is 2. The summed E-state index contributed by atoms with van der Waals surface area (Å²) in [6, 6.07) is 20.0. The molecule has 178 valence electrons. The maximum absolute atomic E-state index is 12.8. The van der Waals surface area contributed by atoms with Crippen molar-refractivity contribution in [2.45, 2.75) is 13.3 Å². The van der Waals surface area contributed by atoms with Gasteiger partial charge in [-0.1, -0.05) is 35.9 Å². The molecule has 2 N–H and O–H groups in total. The van der Waals surface area contributed by atoms with E-state index in [1.165, 1.54) is 7.11 Å². The fourth-order valence-corrected chi connectivity index (χ4v) is 3.65. The van der Waals surface area contributed by atoms with Gasteiger partial charge in [-0.3, -0.25) is 9.59 Å². The van der Waals surface area contributed by atoms with Crippen molar-refractivity contribution in [1.82, 2.24) is 9.78 Å². The Kier molecular flexibility index (Phi) is 7.11. The number of hydrogen-bond acceptors (Lipinski definition) is 5. The number of nitrogens with zero attached hydrogens (tertiary/aromatic N) is 2. The first-order chi connectivity index (χ1) is 16.9. The third-order valence-electron chi connectivity index (χ3n) is 5.33. The van der Waals surface area contributed by atoms with E-state index < -0.39 is 0 Å². The van der Waals surface area contributed by atoms with Crippen LogP contribution in [0.25, 0.3) is 5.69 Å². The highest BCUT2D eigenvalue weighted by molar-refractivity contribution is 6.04. The van der Waals surface area contributed by atoms with E-state index in [2.05, 4.69) is 15.7 Å². The van der Waals surface area contributed by atoms with Gasteiger partial charge in [0, 0.05) is 17.3 Å². The molecule has 0 radical (unpaired) electrons. The lowest BCUT2D eigenvalue weighted by Gasteiger charge is -2.11. The van der Waals surface area contributed by atoms with Gasteiger partial charge in [0.15, 0.2) is 11.5 Å². The molecule has 2 amide bonds. The van der Waals surface area contributed by atoms with Crippen molar-refractivity contribution >= 4 is 23.2 Å². The van der Waals surface area contributed by atoms with Crippen molar-refractivity contribution in [3.63, 3.8) is 0 Å². The highest BCUT2D eigenvalue weighted by atomic mass is 16.5. The zero-order chi connectivity index (χ0) is 24.8. The Morgan fingerprint density at radius 2 is 1.69 bits per heavy atom. The number of aryl methyl sites for hydroxylation is 1. The molecule has 0 saturated heterocycles. The highest BCUT2D eigenvalue weighted by Crippen LogP contribution is 2.30. The predicted octanol–water partition coefficient (Wildman–Crippen LogP) is 4.63. The van der Waals surface area contributed by atoms with Crippen LogP contribution in [-0.2, 0) is 11.2 Å². The molecule has 4 rings (SSSR count). The van der Waals surface area contributed by atoms with Gasteiger partial charge in [-0.2, -0.15) is 5.10 Å². The quantitative estimate of drug-likeness (QED) is 0.392. The molecule has 0 aliphatic heterocycles. The molecule has 35 heavy (non-hydrogen) atoms. The summed E-state index contributed by atoms with van der Waals surface area (Å²) in [5, 5.41) is 10.1. The van der Waals surface area contributed by atoms with Gasteiger partial charge in [0.1, 0.15) is 0 Å². The van der Waals surface area contributed by atoms with Crippen LogP contribution in [0, 0.1) is 6.92 Å². The average Bonchev–Trinajstić information content (AvgIpc) is 3.32. The van der Waals surface area contributed by atoms with E-state index in [4.69, 9.17) is 9.47 Å². The first-order valence-corrected chi connectivity index (χ1v) is 11.0. The van der Waals surface area contributed by atoms with Gasteiger partial charge in [0.2, 0.25) is 5.91 Å². The minimum atomic E-state index is -0.280. The first kappa shape index (κ1) is 23.6. The van der Waals surface area contributed by atoms with Gasteiger partial charge in [-0.05, 0) is 42.8 Å². The summed E-state index contributed by atoms with van der Waals surface area (Å²) in [7, 11) is 3.09. The third-order valence-corrected chi connectivity index (χ3v) is 5.33. The maximum atomic E-state index is 12.8. The van der Waals surface area contributed by atoms with Crippen molar-refractivity contribution in [2.75, 3.05) is 24.9 Å². The molecule has 0 bridgehead atoms. The molecule has 3 aromatic carbocycles. The smallest absolute Gasteiger partial charge is 0.255 e. The van der Waals surface area contributed by atoms with Crippen LogP contribution >= 0.6 is 0 Å². The monoisotopic (exact) mass is 470 g/mol. The Morgan fingerprint density at radius 3 is 2.46 bits per heavy atom. The van der Waals surface area contributed by atoms with E-state index in [0.29, 0.717) is 34.1 Å². The van der Waals surface area contributed by atoms with Crippen LogP contribution in [0.1, 0.15) is 21.5 Å². The van der Waals surface area contributed by atoms with E-state index in [-0.39, 0.29) is 18.2 Å². The maximum Gasteiger partial charge on any atom is 0.255 e. The van der Waals surface area contributed by atoms with Crippen molar-refractivity contribution in [3.8, 4) is 17.2 Å². The van der Waals surface area contributed by atoms with Gasteiger partial charge < -0.3 is 20.1 Å². The fourth-order valence-electron chi connectivity index (χ4n) is 3.65. The SMILES string of the molecule is COc1ccc(NC(=O)c2cccc(-n3cc(NC(=O)Cc4cccc(C)c4)cn3)c2)cc1OC. The largest absolute Gasteiger partial charge is 0.493 e. The number of hydrogen-bond donors (Lipinski definition) is 2. The Hall–Kier alpha value is -4.59. The number of ether oxygens (including phenoxy) is 2. The molecule has 0 aliphatic carbocycles. The van der Waals surface area contributed by atoms with Crippen molar-refractivity contribution < 1.29 is 19.1 Å². The summed E-state index contributed by atoms with van der Waals surface area (Å²) in [6.07, 6.45) is 3.56. The van der Waals surface area contributed by atoms with Crippen LogP contribution in [0.2, 0.25) is 0 Å². The summed E-state index contributed by atoms with van der Waals surface area (Å²) in [5.74, 6) is 0.691. The second-order valence-electron chi connectivity index (χ2n) is 7.96. The zero-order valence-corrected chi connectivity index (χ0v) is 19.7. The molecular formula is C27H26N4O4.